The van der Waals surface area contributed by atoms with Crippen molar-refractivity contribution in [3.8, 4) is 0 Å². The van der Waals surface area contributed by atoms with Gasteiger partial charge in [-0.15, -0.1) is 0 Å². The van der Waals surface area contributed by atoms with Gasteiger partial charge in [0.2, 0.25) is 0 Å². The number of hydrogen-bond acceptors (Lipinski definition) is 3. The van der Waals surface area contributed by atoms with Crippen LogP contribution in [0, 0.1) is 5.41 Å². The van der Waals surface area contributed by atoms with Gasteiger partial charge < -0.3 is 14.3 Å². The van der Waals surface area contributed by atoms with Crippen molar-refractivity contribution in [1.82, 2.24) is 0 Å². The fraction of sp³-hybridized carbons (Fsp3) is 1.00. The van der Waals surface area contributed by atoms with Gasteiger partial charge in [-0.2, -0.15) is 0 Å². The van der Waals surface area contributed by atoms with Gasteiger partial charge in [-0.3, -0.25) is 4.57 Å². The lowest BCUT2D eigenvalue weighted by Gasteiger charge is -2.22. The first-order valence-corrected chi connectivity index (χ1v) is 4.39. The Bertz CT molecular complexity index is 142. The molecule has 0 rings (SSSR count). The van der Waals surface area contributed by atoms with Crippen LogP contribution in [0.25, 0.3) is 0 Å². The Morgan fingerprint density at radius 2 is 2.00 bits per heavy atom. The van der Waals surface area contributed by atoms with Crippen LogP contribution in [0.4, 0.5) is 0 Å². The minimum Gasteiger partial charge on any atom is -0.756 e. The Morgan fingerprint density at radius 3 is 2.10 bits per heavy atom. The molecule has 0 amide bonds. The highest BCUT2D eigenvalue weighted by atomic mass is 31.2. The topological polar surface area (TPSA) is 69.6 Å². The third-order valence-corrected chi connectivity index (χ3v) is 1.12. The molecule has 0 bridgehead atoms. The highest BCUT2D eigenvalue weighted by Gasteiger charge is 2.13. The Kier molecular flexibility index (Phi) is 3.04. The summed E-state index contributed by atoms with van der Waals surface area (Å²) in [7, 11) is -4.51. The SMILES string of the molecule is CC(C)(C)COP(=O)([O-])O. The average molecular weight is 167 g/mol. The van der Waals surface area contributed by atoms with Crippen molar-refractivity contribution >= 4 is 7.82 Å². The summed E-state index contributed by atoms with van der Waals surface area (Å²) in [6.45, 7) is 5.43. The van der Waals surface area contributed by atoms with Crippen molar-refractivity contribution in [2.45, 2.75) is 20.8 Å². The Morgan fingerprint density at radius 1 is 1.60 bits per heavy atom. The fourth-order valence-corrected chi connectivity index (χ4v) is 0.826. The molecule has 0 aliphatic rings. The van der Waals surface area contributed by atoms with Crippen LogP contribution in [-0.4, -0.2) is 11.5 Å². The summed E-state index contributed by atoms with van der Waals surface area (Å²) < 4.78 is 14.2. The van der Waals surface area contributed by atoms with Crippen molar-refractivity contribution in [2.75, 3.05) is 6.61 Å². The highest BCUT2D eigenvalue weighted by molar-refractivity contribution is 7.44. The van der Waals surface area contributed by atoms with E-state index in [2.05, 4.69) is 4.52 Å². The molecule has 0 aromatic carbocycles. The number of rotatable bonds is 2. The zero-order chi connectivity index (χ0) is 8.41. The van der Waals surface area contributed by atoms with E-state index in [-0.39, 0.29) is 12.0 Å². The van der Waals surface area contributed by atoms with Crippen molar-refractivity contribution in [3.63, 3.8) is 0 Å². The van der Waals surface area contributed by atoms with Gasteiger partial charge in [-0.1, -0.05) is 20.8 Å². The number of phosphoric acid groups is 1. The lowest BCUT2D eigenvalue weighted by Crippen LogP contribution is -2.16. The number of hydrogen-bond donors (Lipinski definition) is 1. The molecular formula is C5H12O4P-. The molecule has 1 atom stereocenters. The summed E-state index contributed by atoms with van der Waals surface area (Å²) in [6.07, 6.45) is 0. The minimum absolute atomic E-state index is 0.00424. The fourth-order valence-electron chi connectivity index (χ4n) is 0.275. The highest BCUT2D eigenvalue weighted by Crippen LogP contribution is 2.32. The molecule has 4 nitrogen and oxygen atoms in total. The summed E-state index contributed by atoms with van der Waals surface area (Å²) in [4.78, 5) is 18.2. The van der Waals surface area contributed by atoms with Crippen LogP contribution in [0.3, 0.4) is 0 Å². The maximum atomic E-state index is 10.0. The summed E-state index contributed by atoms with van der Waals surface area (Å²) in [5, 5.41) is 0. The summed E-state index contributed by atoms with van der Waals surface area (Å²) in [5.74, 6) is 0. The molecule has 5 heteroatoms. The summed E-state index contributed by atoms with van der Waals surface area (Å²) >= 11 is 0. The molecule has 0 spiro atoms. The standard InChI is InChI=1S/C5H13O4P/c1-5(2,3)4-9-10(6,7)8/h4H2,1-3H3,(H2,6,7,8)/p-1. The maximum Gasteiger partial charge on any atom is 0.265 e. The minimum atomic E-state index is -4.51. The Labute approximate surface area is 60.5 Å². The Balaban J connectivity index is 3.67. The van der Waals surface area contributed by atoms with Crippen LogP contribution in [-0.2, 0) is 9.09 Å². The molecule has 1 N–H and O–H groups in total. The van der Waals surface area contributed by atoms with E-state index in [0.717, 1.165) is 0 Å². The molecule has 0 aliphatic carbocycles. The molecular weight excluding hydrogens is 155 g/mol. The van der Waals surface area contributed by atoms with Gasteiger partial charge in [0.15, 0.2) is 0 Å². The van der Waals surface area contributed by atoms with Gasteiger partial charge in [0.1, 0.15) is 0 Å². The first-order valence-electron chi connectivity index (χ1n) is 2.89. The van der Waals surface area contributed by atoms with E-state index in [0.29, 0.717) is 0 Å². The molecule has 62 valence electrons. The zero-order valence-corrected chi connectivity index (χ0v) is 7.22. The van der Waals surface area contributed by atoms with E-state index in [1.165, 1.54) is 0 Å². The quantitative estimate of drug-likeness (QED) is 0.608. The van der Waals surface area contributed by atoms with E-state index < -0.39 is 7.82 Å². The monoisotopic (exact) mass is 167 g/mol. The molecule has 0 aromatic rings. The predicted molar refractivity (Wildman–Crippen MR) is 35.2 cm³/mol. The second kappa shape index (κ2) is 3.01. The predicted octanol–water partition coefficient (Wildman–Crippen LogP) is 0.510. The molecule has 1 unspecified atom stereocenters. The van der Waals surface area contributed by atoms with Crippen LogP contribution in [0.15, 0.2) is 0 Å². The largest absolute Gasteiger partial charge is 0.756 e. The van der Waals surface area contributed by atoms with Gasteiger partial charge >= 0.3 is 0 Å². The second-order valence-corrected chi connectivity index (χ2v) is 4.50. The van der Waals surface area contributed by atoms with Crippen LogP contribution in [0.5, 0.6) is 0 Å². The first-order chi connectivity index (χ1) is 4.21. The maximum absolute atomic E-state index is 10.0. The summed E-state index contributed by atoms with van der Waals surface area (Å²) in [5.41, 5.74) is -0.247. The molecule has 10 heavy (non-hydrogen) atoms. The first kappa shape index (κ1) is 10.1. The molecule has 0 aromatic heterocycles. The van der Waals surface area contributed by atoms with Gasteiger partial charge in [0.25, 0.3) is 7.82 Å². The number of phosphoric ester groups is 1. The van der Waals surface area contributed by atoms with Crippen molar-refractivity contribution < 1.29 is 18.9 Å². The molecule has 0 aliphatic heterocycles. The van der Waals surface area contributed by atoms with Crippen LogP contribution >= 0.6 is 7.82 Å². The lowest BCUT2D eigenvalue weighted by molar-refractivity contribution is -0.221. The van der Waals surface area contributed by atoms with Crippen molar-refractivity contribution in [1.29, 1.82) is 0 Å². The van der Waals surface area contributed by atoms with Gasteiger partial charge in [0, 0.05) is 0 Å². The van der Waals surface area contributed by atoms with Gasteiger partial charge in [0.05, 0.1) is 6.61 Å². The third-order valence-electron chi connectivity index (χ3n) is 0.661. The molecule has 0 saturated carbocycles. The molecule has 0 fully saturated rings. The van der Waals surface area contributed by atoms with E-state index in [1.54, 1.807) is 0 Å². The van der Waals surface area contributed by atoms with Crippen molar-refractivity contribution in [2.24, 2.45) is 5.41 Å². The normalized spacial score (nSPS) is 18.5. The van der Waals surface area contributed by atoms with Gasteiger partial charge in [-0.05, 0) is 5.41 Å². The van der Waals surface area contributed by atoms with E-state index in [1.807, 2.05) is 20.8 Å². The summed E-state index contributed by atoms with van der Waals surface area (Å²) in [6, 6.07) is 0. The smallest absolute Gasteiger partial charge is 0.265 e. The van der Waals surface area contributed by atoms with Crippen LogP contribution in [0.1, 0.15) is 20.8 Å². The van der Waals surface area contributed by atoms with E-state index in [9.17, 15) is 9.46 Å². The molecule has 0 saturated heterocycles. The molecule has 0 heterocycles. The second-order valence-electron chi connectivity index (χ2n) is 3.30. The van der Waals surface area contributed by atoms with Gasteiger partial charge in [-0.25, -0.2) is 0 Å². The molecule has 0 radical (unpaired) electrons. The average Bonchev–Trinajstić information content (AvgIpc) is 1.57. The van der Waals surface area contributed by atoms with Crippen molar-refractivity contribution in [3.05, 3.63) is 0 Å². The lowest BCUT2D eigenvalue weighted by atomic mass is 9.99. The third kappa shape index (κ3) is 8.11. The van der Waals surface area contributed by atoms with Crippen LogP contribution < -0.4 is 4.89 Å². The Hall–Kier alpha value is 0.110. The van der Waals surface area contributed by atoms with Crippen LogP contribution in [0.2, 0.25) is 0 Å². The van der Waals surface area contributed by atoms with E-state index >= 15 is 0 Å². The van der Waals surface area contributed by atoms with E-state index in [4.69, 9.17) is 4.89 Å². The zero-order valence-electron chi connectivity index (χ0n) is 6.33.